The van der Waals surface area contributed by atoms with Crippen LogP contribution in [0.4, 0.5) is 13.2 Å². The third-order valence-corrected chi connectivity index (χ3v) is 2.83. The third-order valence-electron chi connectivity index (χ3n) is 1.63. The molecule has 8 heteroatoms. The van der Waals surface area contributed by atoms with E-state index in [1.807, 2.05) is 0 Å². The lowest BCUT2D eigenvalue weighted by Crippen LogP contribution is -2.28. The topological polar surface area (TPSA) is 43.4 Å². The van der Waals surface area contributed by atoms with E-state index in [2.05, 4.69) is 4.18 Å². The van der Waals surface area contributed by atoms with Crippen LogP contribution in [0.1, 0.15) is 5.56 Å². The van der Waals surface area contributed by atoms with Crippen LogP contribution in [0, 0.1) is 6.92 Å². The van der Waals surface area contributed by atoms with Crippen LogP contribution in [0.5, 0.6) is 5.75 Å². The van der Waals surface area contributed by atoms with Gasteiger partial charge in [-0.05, 0) is 18.6 Å². The van der Waals surface area contributed by atoms with Crippen molar-refractivity contribution in [2.24, 2.45) is 0 Å². The Morgan fingerprint density at radius 3 is 2.38 bits per heavy atom. The Labute approximate surface area is 94.9 Å². The third kappa shape index (κ3) is 2.79. The van der Waals surface area contributed by atoms with Crippen LogP contribution in [0.2, 0.25) is 5.02 Å². The Morgan fingerprint density at radius 1 is 1.31 bits per heavy atom. The Bertz CT molecular complexity index is 496. The maximum atomic E-state index is 12.0. The zero-order valence-corrected chi connectivity index (χ0v) is 9.45. The van der Waals surface area contributed by atoms with E-state index < -0.39 is 21.4 Å². The highest BCUT2D eigenvalue weighted by atomic mass is 35.5. The number of alkyl halides is 3. The Kier molecular flexibility index (Phi) is 3.39. The standard InChI is InChI=1S/C8H6ClF3O3S/c1-5-2-3-6(9)4-7(5)15-16(13,14)8(10,11)12/h2-4H,1H3. The summed E-state index contributed by atoms with van der Waals surface area (Å²) in [7, 11) is -5.65. The molecule has 0 spiro atoms. The molecule has 0 saturated carbocycles. The van der Waals surface area contributed by atoms with Gasteiger partial charge in [-0.2, -0.15) is 21.6 Å². The van der Waals surface area contributed by atoms with Gasteiger partial charge in [0.05, 0.1) is 0 Å². The molecule has 0 N–H and O–H groups in total. The molecular weight excluding hydrogens is 269 g/mol. The smallest absolute Gasteiger partial charge is 0.376 e. The lowest BCUT2D eigenvalue weighted by Gasteiger charge is -2.11. The molecular formula is C8H6ClF3O3S. The summed E-state index contributed by atoms with van der Waals surface area (Å²) in [6, 6.07) is 3.76. The van der Waals surface area contributed by atoms with Crippen molar-refractivity contribution in [2.75, 3.05) is 0 Å². The van der Waals surface area contributed by atoms with Gasteiger partial charge in [-0.1, -0.05) is 17.7 Å². The zero-order valence-electron chi connectivity index (χ0n) is 7.88. The number of rotatable bonds is 2. The summed E-state index contributed by atoms with van der Waals surface area (Å²) in [5.74, 6) is -0.440. The van der Waals surface area contributed by atoms with Gasteiger partial charge in [0.1, 0.15) is 5.75 Å². The van der Waals surface area contributed by atoms with Crippen molar-refractivity contribution in [1.82, 2.24) is 0 Å². The second-order valence-electron chi connectivity index (χ2n) is 2.89. The molecule has 0 aliphatic heterocycles. The second-order valence-corrected chi connectivity index (χ2v) is 4.87. The van der Waals surface area contributed by atoms with Crippen molar-refractivity contribution in [3.63, 3.8) is 0 Å². The van der Waals surface area contributed by atoms with E-state index in [0.29, 0.717) is 0 Å². The maximum absolute atomic E-state index is 12.0. The van der Waals surface area contributed by atoms with Crippen molar-refractivity contribution in [1.29, 1.82) is 0 Å². The molecule has 0 radical (unpaired) electrons. The zero-order chi connectivity index (χ0) is 12.6. The molecule has 16 heavy (non-hydrogen) atoms. The summed E-state index contributed by atoms with van der Waals surface area (Å²) in [6.45, 7) is 1.40. The molecule has 1 aromatic rings. The van der Waals surface area contributed by atoms with Gasteiger partial charge in [0.2, 0.25) is 0 Å². The first kappa shape index (κ1) is 13.1. The molecule has 0 amide bonds. The fourth-order valence-electron chi connectivity index (χ4n) is 0.829. The van der Waals surface area contributed by atoms with Crippen molar-refractivity contribution < 1.29 is 25.8 Å². The normalized spacial score (nSPS) is 12.6. The van der Waals surface area contributed by atoms with E-state index in [-0.39, 0.29) is 10.6 Å². The van der Waals surface area contributed by atoms with Crippen molar-refractivity contribution in [3.05, 3.63) is 28.8 Å². The summed E-state index contributed by atoms with van der Waals surface area (Å²) in [4.78, 5) is 0. The first-order valence-corrected chi connectivity index (χ1v) is 5.69. The van der Waals surface area contributed by atoms with Crippen molar-refractivity contribution in [3.8, 4) is 5.75 Å². The lowest BCUT2D eigenvalue weighted by molar-refractivity contribution is -0.0500. The molecule has 0 aliphatic rings. The van der Waals surface area contributed by atoms with Crippen LogP contribution in [-0.4, -0.2) is 13.9 Å². The largest absolute Gasteiger partial charge is 0.534 e. The van der Waals surface area contributed by atoms with Crippen LogP contribution in [0.3, 0.4) is 0 Å². The molecule has 0 fully saturated rings. The van der Waals surface area contributed by atoms with E-state index in [9.17, 15) is 21.6 Å². The van der Waals surface area contributed by atoms with Gasteiger partial charge in [-0.3, -0.25) is 0 Å². The van der Waals surface area contributed by atoms with E-state index in [0.717, 1.165) is 6.07 Å². The van der Waals surface area contributed by atoms with Crippen LogP contribution in [0.25, 0.3) is 0 Å². The van der Waals surface area contributed by atoms with E-state index in [1.165, 1.54) is 19.1 Å². The molecule has 3 nitrogen and oxygen atoms in total. The average molecular weight is 275 g/mol. The Morgan fingerprint density at radius 2 is 1.88 bits per heavy atom. The molecule has 0 atom stereocenters. The number of hydrogen-bond acceptors (Lipinski definition) is 3. The fraction of sp³-hybridized carbons (Fsp3) is 0.250. The number of hydrogen-bond donors (Lipinski definition) is 0. The minimum absolute atomic E-state index is 0.0815. The molecule has 90 valence electrons. The molecule has 1 aromatic carbocycles. The van der Waals surface area contributed by atoms with Gasteiger partial charge in [0.15, 0.2) is 0 Å². The first-order chi connectivity index (χ1) is 7.13. The predicted molar refractivity (Wildman–Crippen MR) is 51.8 cm³/mol. The quantitative estimate of drug-likeness (QED) is 0.615. The van der Waals surface area contributed by atoms with Crippen molar-refractivity contribution >= 4 is 21.7 Å². The first-order valence-electron chi connectivity index (χ1n) is 3.90. The highest BCUT2D eigenvalue weighted by molar-refractivity contribution is 7.88. The summed E-state index contributed by atoms with van der Waals surface area (Å²) >= 11 is 5.50. The molecule has 0 aromatic heterocycles. The summed E-state index contributed by atoms with van der Waals surface area (Å²) < 4.78 is 61.3. The van der Waals surface area contributed by atoms with E-state index in [1.54, 1.807) is 0 Å². The molecule has 0 saturated heterocycles. The number of benzene rings is 1. The highest BCUT2D eigenvalue weighted by Gasteiger charge is 2.48. The summed E-state index contributed by atoms with van der Waals surface area (Å²) in [5.41, 5.74) is -5.22. The van der Waals surface area contributed by atoms with Gasteiger partial charge in [-0.15, -0.1) is 0 Å². The Hall–Kier alpha value is -0.950. The van der Waals surface area contributed by atoms with Crippen LogP contribution in [-0.2, 0) is 10.1 Å². The highest BCUT2D eigenvalue weighted by Crippen LogP contribution is 2.30. The van der Waals surface area contributed by atoms with Gasteiger partial charge in [0.25, 0.3) is 0 Å². The van der Waals surface area contributed by atoms with E-state index >= 15 is 0 Å². The minimum atomic E-state index is -5.65. The van der Waals surface area contributed by atoms with Gasteiger partial charge < -0.3 is 4.18 Å². The summed E-state index contributed by atoms with van der Waals surface area (Å²) in [6.07, 6.45) is 0. The number of aryl methyl sites for hydroxylation is 1. The molecule has 0 unspecified atom stereocenters. The maximum Gasteiger partial charge on any atom is 0.534 e. The molecule has 0 bridgehead atoms. The Balaban J connectivity index is 3.11. The van der Waals surface area contributed by atoms with Crippen LogP contribution < -0.4 is 4.18 Å². The average Bonchev–Trinajstić information content (AvgIpc) is 2.09. The lowest BCUT2D eigenvalue weighted by atomic mass is 10.2. The van der Waals surface area contributed by atoms with Gasteiger partial charge in [-0.25, -0.2) is 0 Å². The summed E-state index contributed by atoms with van der Waals surface area (Å²) in [5, 5.41) is 0.0815. The van der Waals surface area contributed by atoms with Crippen molar-refractivity contribution in [2.45, 2.75) is 12.4 Å². The molecule has 1 rings (SSSR count). The monoisotopic (exact) mass is 274 g/mol. The fourth-order valence-corrected chi connectivity index (χ4v) is 1.50. The SMILES string of the molecule is Cc1ccc(Cl)cc1OS(=O)(=O)C(F)(F)F. The minimum Gasteiger partial charge on any atom is -0.376 e. The predicted octanol–water partition coefficient (Wildman–Crippen LogP) is 2.88. The molecule has 0 heterocycles. The van der Waals surface area contributed by atoms with Crippen LogP contribution in [0.15, 0.2) is 18.2 Å². The second kappa shape index (κ2) is 4.14. The van der Waals surface area contributed by atoms with Crippen LogP contribution >= 0.6 is 11.6 Å². The molecule has 0 aliphatic carbocycles. The van der Waals surface area contributed by atoms with Gasteiger partial charge >= 0.3 is 15.6 Å². The van der Waals surface area contributed by atoms with Gasteiger partial charge in [0, 0.05) is 11.1 Å². The number of halogens is 4. The van der Waals surface area contributed by atoms with E-state index in [4.69, 9.17) is 11.6 Å².